The molecule has 0 radical (unpaired) electrons. The first kappa shape index (κ1) is 33.5. The molecule has 2 aromatic carbocycles. The van der Waals surface area contributed by atoms with Crippen molar-refractivity contribution in [1.29, 1.82) is 0 Å². The van der Waals surface area contributed by atoms with Gasteiger partial charge in [0.05, 0.1) is 38.5 Å². The van der Waals surface area contributed by atoms with Crippen molar-refractivity contribution < 1.29 is 9.53 Å². The Morgan fingerprint density at radius 3 is 1.96 bits per heavy atom. The van der Waals surface area contributed by atoms with E-state index >= 15 is 0 Å². The Morgan fingerprint density at radius 1 is 0.875 bits per heavy atom. The number of benzene rings is 2. The predicted molar refractivity (Wildman–Crippen MR) is 196 cm³/mol. The third kappa shape index (κ3) is 6.91. The van der Waals surface area contributed by atoms with Gasteiger partial charge < -0.3 is 26.4 Å². The molecule has 15 heteroatoms. The number of hydrogen-bond donors (Lipinski definition) is 3. The van der Waals surface area contributed by atoms with Crippen LogP contribution in [0.25, 0.3) is 33.5 Å². The molecule has 12 nitrogen and oxygen atoms in total. The number of fused-ring (bicyclic) bond motifs is 2. The van der Waals surface area contributed by atoms with E-state index in [1.807, 2.05) is 81.4 Å². The fourth-order valence-electron chi connectivity index (χ4n) is 5.46. The van der Waals surface area contributed by atoms with Gasteiger partial charge in [-0.3, -0.25) is 0 Å². The van der Waals surface area contributed by atoms with Gasteiger partial charge in [-0.1, -0.05) is 72.3 Å². The van der Waals surface area contributed by atoms with Gasteiger partial charge in [-0.15, -0.1) is 0 Å². The van der Waals surface area contributed by atoms with E-state index in [1.165, 1.54) is 0 Å². The molecule has 0 bridgehead atoms. The van der Waals surface area contributed by atoms with Gasteiger partial charge in [-0.2, -0.15) is 19.2 Å². The number of ether oxygens (including phenoxy) is 1. The maximum absolute atomic E-state index is 12.2. The number of carbonyl (C=O) groups excluding carboxylic acids is 1. The van der Waals surface area contributed by atoms with E-state index in [0.717, 1.165) is 44.4 Å². The summed E-state index contributed by atoms with van der Waals surface area (Å²) < 4.78 is 10.1. The molecule has 1 fully saturated rings. The number of hydrogen-bond acceptors (Lipinski definition) is 9. The first-order valence-corrected chi connectivity index (χ1v) is 17.0. The van der Waals surface area contributed by atoms with Crippen molar-refractivity contribution in [3.63, 3.8) is 0 Å². The molecule has 248 valence electrons. The smallest absolute Gasteiger partial charge is 0.407 e. The molecule has 48 heavy (non-hydrogen) atoms. The molecule has 4 aromatic heterocycles. The van der Waals surface area contributed by atoms with Crippen LogP contribution in [0.4, 0.5) is 22.2 Å². The van der Waals surface area contributed by atoms with Gasteiger partial charge in [0, 0.05) is 13.1 Å². The molecule has 7 rings (SSSR count). The molecule has 1 saturated heterocycles. The zero-order valence-corrected chi connectivity index (χ0v) is 30.3. The molecule has 1 atom stereocenters. The molecule has 5 heterocycles. The Labute approximate surface area is 298 Å². The fourth-order valence-corrected chi connectivity index (χ4v) is 6.44. The van der Waals surface area contributed by atoms with E-state index in [9.17, 15) is 4.79 Å². The Kier molecular flexibility index (Phi) is 9.50. The van der Waals surface area contributed by atoms with Crippen LogP contribution in [-0.2, 0) is 4.74 Å². The standard InChI is InChI=1S/C21H25BrN6O2.C12H8BrClN4/c1-21(2,3)30-20(29)25-14-9-10-27(12-14)19-16(13-7-5-4-6-8-13)17(23)28-18(26-19)15(22)11-24-28;13-8-6-16-18-11(15)9(10(14)17-12(8)18)7-4-2-1-3-5-7/h4-8,11,14H,9-10,12,23H2,1-3H3,(H,25,29);1-6H,15H2/t14-;/m0./s1. The first-order chi connectivity index (χ1) is 22.9. The molecule has 0 saturated carbocycles. The highest BCUT2D eigenvalue weighted by Gasteiger charge is 2.30. The fraction of sp³-hybridized carbons (Fsp3) is 0.242. The number of nitrogens with two attached hydrogens (primary N) is 2. The van der Waals surface area contributed by atoms with E-state index in [1.54, 1.807) is 21.4 Å². The quantitative estimate of drug-likeness (QED) is 0.157. The van der Waals surface area contributed by atoms with Crippen LogP contribution in [0.15, 0.2) is 82.0 Å². The van der Waals surface area contributed by atoms with Gasteiger partial charge in [-0.25, -0.2) is 14.8 Å². The lowest BCUT2D eigenvalue weighted by molar-refractivity contribution is 0.0509. The number of anilines is 3. The van der Waals surface area contributed by atoms with Crippen LogP contribution in [0, 0.1) is 0 Å². The van der Waals surface area contributed by atoms with E-state index in [2.05, 4.69) is 57.3 Å². The molecule has 0 unspecified atom stereocenters. The number of alkyl carbamates (subject to hydrolysis) is 1. The minimum Gasteiger partial charge on any atom is -0.444 e. The van der Waals surface area contributed by atoms with Crippen molar-refractivity contribution in [3.8, 4) is 22.3 Å². The van der Waals surface area contributed by atoms with Crippen LogP contribution in [0.1, 0.15) is 27.2 Å². The summed E-state index contributed by atoms with van der Waals surface area (Å²) in [5.41, 5.74) is 16.8. The summed E-state index contributed by atoms with van der Waals surface area (Å²) in [6.45, 7) is 6.92. The lowest BCUT2D eigenvalue weighted by atomic mass is 10.1. The van der Waals surface area contributed by atoms with Gasteiger partial charge in [0.25, 0.3) is 0 Å². The zero-order valence-electron chi connectivity index (χ0n) is 26.4. The molecule has 1 amide bonds. The van der Waals surface area contributed by atoms with Crippen LogP contribution < -0.4 is 21.7 Å². The summed E-state index contributed by atoms with van der Waals surface area (Å²) in [6.07, 6.45) is 3.72. The summed E-state index contributed by atoms with van der Waals surface area (Å²) in [4.78, 5) is 23.5. The Balaban J connectivity index is 0.000000189. The number of aromatic nitrogens is 6. The highest BCUT2D eigenvalue weighted by Crippen LogP contribution is 2.38. The second-order valence-corrected chi connectivity index (χ2v) is 14.2. The van der Waals surface area contributed by atoms with Crippen LogP contribution in [0.5, 0.6) is 0 Å². The number of amides is 1. The number of nitrogens with zero attached hydrogens (tertiary/aromatic N) is 7. The summed E-state index contributed by atoms with van der Waals surface area (Å²) >= 11 is 13.1. The predicted octanol–water partition coefficient (Wildman–Crippen LogP) is 7.24. The van der Waals surface area contributed by atoms with Crippen LogP contribution in [0.3, 0.4) is 0 Å². The van der Waals surface area contributed by atoms with Gasteiger partial charge in [0.15, 0.2) is 11.3 Å². The van der Waals surface area contributed by atoms with E-state index in [0.29, 0.717) is 40.2 Å². The van der Waals surface area contributed by atoms with Crippen molar-refractivity contribution >= 4 is 78.3 Å². The van der Waals surface area contributed by atoms with Crippen LogP contribution in [-0.4, -0.2) is 60.0 Å². The monoisotopic (exact) mass is 794 g/mol. The van der Waals surface area contributed by atoms with Gasteiger partial charge >= 0.3 is 6.09 Å². The summed E-state index contributed by atoms with van der Waals surface area (Å²) in [5, 5.41) is 11.9. The van der Waals surface area contributed by atoms with E-state index in [-0.39, 0.29) is 6.04 Å². The number of nitrogen functional groups attached to an aromatic ring is 2. The highest BCUT2D eigenvalue weighted by atomic mass is 79.9. The largest absolute Gasteiger partial charge is 0.444 e. The normalized spacial score (nSPS) is 14.6. The third-order valence-electron chi connectivity index (χ3n) is 7.55. The van der Waals surface area contributed by atoms with Gasteiger partial charge in [0.2, 0.25) is 0 Å². The number of carbonyl (C=O) groups is 1. The van der Waals surface area contributed by atoms with Crippen LogP contribution >= 0.6 is 43.5 Å². The minimum atomic E-state index is -0.530. The second kappa shape index (κ2) is 13.6. The second-order valence-electron chi connectivity index (χ2n) is 12.1. The highest BCUT2D eigenvalue weighted by molar-refractivity contribution is 9.11. The van der Waals surface area contributed by atoms with E-state index < -0.39 is 11.7 Å². The number of nitrogens with one attached hydrogen (secondary N) is 1. The molecular formula is C33H33Br2ClN10O2. The van der Waals surface area contributed by atoms with Crippen LogP contribution in [0.2, 0.25) is 5.15 Å². The molecule has 1 aliphatic rings. The minimum absolute atomic E-state index is 0.0314. The molecule has 0 aliphatic carbocycles. The SMILES string of the molecule is CC(C)(C)OC(=O)N[C@H]1CCN(c2nc3c(Br)cnn3c(N)c2-c2ccccc2)C1.Nc1c(-c2ccccc2)c(Cl)nc2c(Br)cnn12. The average Bonchev–Trinajstić information content (AvgIpc) is 3.77. The average molecular weight is 797 g/mol. The van der Waals surface area contributed by atoms with Crippen molar-refractivity contribution in [2.45, 2.75) is 38.8 Å². The maximum atomic E-state index is 12.2. The molecule has 5 N–H and O–H groups in total. The van der Waals surface area contributed by atoms with Crippen molar-refractivity contribution in [2.75, 3.05) is 29.5 Å². The lowest BCUT2D eigenvalue weighted by Crippen LogP contribution is -2.40. The topological polar surface area (TPSA) is 154 Å². The molecule has 1 aliphatic heterocycles. The lowest BCUT2D eigenvalue weighted by Gasteiger charge is -2.24. The van der Waals surface area contributed by atoms with Crippen molar-refractivity contribution in [2.24, 2.45) is 0 Å². The summed E-state index contributed by atoms with van der Waals surface area (Å²) in [7, 11) is 0. The Morgan fingerprint density at radius 2 is 1.40 bits per heavy atom. The van der Waals surface area contributed by atoms with Crippen molar-refractivity contribution in [1.82, 2.24) is 34.5 Å². The molecule has 0 spiro atoms. The number of rotatable bonds is 4. The van der Waals surface area contributed by atoms with Gasteiger partial charge in [-0.05, 0) is 70.2 Å². The Bertz CT molecular complexity index is 2100. The van der Waals surface area contributed by atoms with E-state index in [4.69, 9.17) is 32.8 Å². The zero-order chi connectivity index (χ0) is 34.2. The van der Waals surface area contributed by atoms with Crippen molar-refractivity contribution in [3.05, 3.63) is 87.2 Å². The summed E-state index contributed by atoms with van der Waals surface area (Å²) in [6, 6.07) is 19.5. The van der Waals surface area contributed by atoms with Gasteiger partial charge in [0.1, 0.15) is 28.2 Å². The Hall–Kier alpha value is -4.40. The first-order valence-electron chi connectivity index (χ1n) is 15.1. The maximum Gasteiger partial charge on any atom is 0.407 e. The summed E-state index contributed by atoms with van der Waals surface area (Å²) in [5.74, 6) is 1.78. The molecular weight excluding hydrogens is 764 g/mol. The number of halogens is 3. The third-order valence-corrected chi connectivity index (χ3v) is 8.94. The molecule has 6 aromatic rings.